The summed E-state index contributed by atoms with van der Waals surface area (Å²) in [6, 6.07) is 3.51. The molecule has 6 heteroatoms. The lowest BCUT2D eigenvalue weighted by atomic mass is 10.2. The minimum atomic E-state index is -0.220. The average molecular weight is 255 g/mol. The zero-order chi connectivity index (χ0) is 12.7. The van der Waals surface area contributed by atoms with E-state index in [0.29, 0.717) is 18.0 Å². The molecule has 5 nitrogen and oxygen atoms in total. The highest BCUT2D eigenvalue weighted by molar-refractivity contribution is 7.12. The van der Waals surface area contributed by atoms with Crippen LogP contribution in [0.3, 0.4) is 0 Å². The van der Waals surface area contributed by atoms with Gasteiger partial charge in [-0.1, -0.05) is 13.0 Å². The molecule has 1 aromatic heterocycles. The smallest absolute Gasteiger partial charge is 0.261 e. The molecule has 4 N–H and O–H groups in total. The molecule has 0 aliphatic carbocycles. The maximum Gasteiger partial charge on any atom is 0.261 e. The van der Waals surface area contributed by atoms with Gasteiger partial charge >= 0.3 is 0 Å². The second kappa shape index (κ2) is 7.03. The van der Waals surface area contributed by atoms with Gasteiger partial charge in [-0.15, -0.1) is 11.3 Å². The van der Waals surface area contributed by atoms with E-state index >= 15 is 0 Å². The first-order valence-corrected chi connectivity index (χ1v) is 6.30. The van der Waals surface area contributed by atoms with Gasteiger partial charge in [0.25, 0.3) is 5.91 Å². The van der Waals surface area contributed by atoms with Gasteiger partial charge < -0.3 is 16.4 Å². The Labute approximate surface area is 104 Å². The first-order chi connectivity index (χ1) is 8.13. The fraction of sp³-hybridized carbons (Fsp3) is 0.455. The molecule has 0 radical (unpaired) electrons. The Morgan fingerprint density at radius 2 is 2.24 bits per heavy atom. The monoisotopic (exact) mass is 255 g/mol. The van der Waals surface area contributed by atoms with Gasteiger partial charge in [0.1, 0.15) is 0 Å². The Hall–Kier alpha value is -1.40. The highest BCUT2D eigenvalue weighted by Crippen LogP contribution is 2.07. The minimum Gasteiger partial charge on any atom is -0.354 e. The Morgan fingerprint density at radius 1 is 1.47 bits per heavy atom. The summed E-state index contributed by atoms with van der Waals surface area (Å²) in [4.78, 5) is 23.5. The van der Waals surface area contributed by atoms with Crippen molar-refractivity contribution in [2.24, 2.45) is 11.7 Å². The number of carbonyl (C=O) groups is 2. The lowest BCUT2D eigenvalue weighted by Gasteiger charge is -2.10. The summed E-state index contributed by atoms with van der Waals surface area (Å²) >= 11 is 1.34. The van der Waals surface area contributed by atoms with Crippen LogP contribution in [0.4, 0.5) is 0 Å². The van der Waals surface area contributed by atoms with Gasteiger partial charge in [-0.25, -0.2) is 0 Å². The van der Waals surface area contributed by atoms with E-state index in [2.05, 4.69) is 10.6 Å². The third kappa shape index (κ3) is 4.97. The number of hydrogen-bond donors (Lipinski definition) is 3. The summed E-state index contributed by atoms with van der Waals surface area (Å²) in [5.74, 6) is -0.177. The third-order valence-corrected chi connectivity index (χ3v) is 3.07. The van der Waals surface area contributed by atoms with Crippen molar-refractivity contribution in [3.05, 3.63) is 22.4 Å². The van der Waals surface area contributed by atoms with E-state index < -0.39 is 0 Å². The lowest BCUT2D eigenvalue weighted by molar-refractivity contribution is -0.120. The molecule has 0 aliphatic rings. The zero-order valence-corrected chi connectivity index (χ0v) is 10.5. The molecule has 94 valence electrons. The maximum atomic E-state index is 11.5. The van der Waals surface area contributed by atoms with E-state index in [-0.39, 0.29) is 24.3 Å². The Balaban J connectivity index is 2.22. The molecule has 17 heavy (non-hydrogen) atoms. The molecule has 0 bridgehead atoms. The molecular formula is C11H17N3O2S. The largest absolute Gasteiger partial charge is 0.354 e. The number of amides is 2. The highest BCUT2D eigenvalue weighted by atomic mass is 32.1. The van der Waals surface area contributed by atoms with Crippen molar-refractivity contribution in [3.8, 4) is 0 Å². The van der Waals surface area contributed by atoms with Crippen molar-refractivity contribution in [1.29, 1.82) is 0 Å². The van der Waals surface area contributed by atoms with Crippen LogP contribution in [0.2, 0.25) is 0 Å². The Morgan fingerprint density at radius 3 is 2.82 bits per heavy atom. The van der Waals surface area contributed by atoms with Crippen LogP contribution in [-0.4, -0.2) is 31.4 Å². The normalized spacial score (nSPS) is 11.9. The van der Waals surface area contributed by atoms with Crippen LogP contribution in [0.5, 0.6) is 0 Å². The average Bonchev–Trinajstić information content (AvgIpc) is 2.86. The molecule has 0 saturated heterocycles. The molecular weight excluding hydrogens is 238 g/mol. The zero-order valence-electron chi connectivity index (χ0n) is 9.73. The number of rotatable bonds is 6. The SMILES string of the molecule is CC(CN)CNC(=O)CNC(=O)c1cccs1. The van der Waals surface area contributed by atoms with Gasteiger partial charge in [0.2, 0.25) is 5.91 Å². The van der Waals surface area contributed by atoms with E-state index in [4.69, 9.17) is 5.73 Å². The molecule has 1 unspecified atom stereocenters. The first-order valence-electron chi connectivity index (χ1n) is 5.42. The lowest BCUT2D eigenvalue weighted by Crippen LogP contribution is -2.39. The fourth-order valence-electron chi connectivity index (χ4n) is 1.09. The summed E-state index contributed by atoms with van der Waals surface area (Å²) < 4.78 is 0. The van der Waals surface area contributed by atoms with E-state index in [1.165, 1.54) is 11.3 Å². The van der Waals surface area contributed by atoms with E-state index in [0.717, 1.165) is 0 Å². The predicted molar refractivity (Wildman–Crippen MR) is 67.9 cm³/mol. The van der Waals surface area contributed by atoms with Gasteiger partial charge in [0.05, 0.1) is 11.4 Å². The van der Waals surface area contributed by atoms with Crippen molar-refractivity contribution in [2.45, 2.75) is 6.92 Å². The second-order valence-electron chi connectivity index (χ2n) is 3.80. The first kappa shape index (κ1) is 13.7. The molecule has 0 saturated carbocycles. The van der Waals surface area contributed by atoms with Crippen molar-refractivity contribution in [3.63, 3.8) is 0 Å². The van der Waals surface area contributed by atoms with Crippen LogP contribution < -0.4 is 16.4 Å². The molecule has 1 atom stereocenters. The van der Waals surface area contributed by atoms with Gasteiger partial charge in [-0.2, -0.15) is 0 Å². The van der Waals surface area contributed by atoms with Gasteiger partial charge in [0, 0.05) is 6.54 Å². The summed E-state index contributed by atoms with van der Waals surface area (Å²) in [6.07, 6.45) is 0. The number of nitrogens with one attached hydrogen (secondary N) is 2. The summed E-state index contributed by atoms with van der Waals surface area (Å²) in [6.45, 7) is 3.00. The minimum absolute atomic E-state index is 0.00593. The Kier molecular flexibility index (Phi) is 5.65. The standard InChI is InChI=1S/C11H17N3O2S/c1-8(5-12)6-13-10(15)7-14-11(16)9-3-2-4-17-9/h2-4,8H,5-7,12H2,1H3,(H,13,15)(H,14,16). The van der Waals surface area contributed by atoms with Crippen LogP contribution in [-0.2, 0) is 4.79 Å². The van der Waals surface area contributed by atoms with Crippen LogP contribution in [0.25, 0.3) is 0 Å². The van der Waals surface area contributed by atoms with Crippen LogP contribution >= 0.6 is 11.3 Å². The van der Waals surface area contributed by atoms with Crippen molar-refractivity contribution in [1.82, 2.24) is 10.6 Å². The van der Waals surface area contributed by atoms with Gasteiger partial charge in [0.15, 0.2) is 0 Å². The molecule has 0 spiro atoms. The molecule has 0 aromatic carbocycles. The van der Waals surface area contributed by atoms with Crippen molar-refractivity contribution in [2.75, 3.05) is 19.6 Å². The number of nitrogens with two attached hydrogens (primary N) is 1. The fourth-order valence-corrected chi connectivity index (χ4v) is 1.73. The second-order valence-corrected chi connectivity index (χ2v) is 4.75. The van der Waals surface area contributed by atoms with Gasteiger partial charge in [-0.3, -0.25) is 9.59 Å². The third-order valence-electron chi connectivity index (χ3n) is 2.20. The predicted octanol–water partition coefficient (Wildman–Crippen LogP) is 0.189. The molecule has 0 fully saturated rings. The molecule has 0 aliphatic heterocycles. The summed E-state index contributed by atoms with van der Waals surface area (Å²) in [7, 11) is 0. The van der Waals surface area contributed by atoms with Crippen molar-refractivity contribution >= 4 is 23.2 Å². The molecule has 1 heterocycles. The quantitative estimate of drug-likeness (QED) is 0.678. The summed E-state index contributed by atoms with van der Waals surface area (Å²) in [5.41, 5.74) is 5.42. The highest BCUT2D eigenvalue weighted by Gasteiger charge is 2.08. The van der Waals surface area contributed by atoms with Crippen LogP contribution in [0.1, 0.15) is 16.6 Å². The Bertz CT molecular complexity index is 365. The van der Waals surface area contributed by atoms with Crippen molar-refractivity contribution < 1.29 is 9.59 Å². The molecule has 1 rings (SSSR count). The number of thiophene rings is 1. The number of carbonyl (C=O) groups excluding carboxylic acids is 2. The summed E-state index contributed by atoms with van der Waals surface area (Å²) in [5, 5.41) is 7.08. The molecule has 2 amide bonds. The van der Waals surface area contributed by atoms with E-state index in [1.54, 1.807) is 12.1 Å². The molecule has 1 aromatic rings. The maximum absolute atomic E-state index is 11.5. The van der Waals surface area contributed by atoms with Crippen LogP contribution in [0.15, 0.2) is 17.5 Å². The number of hydrogen-bond acceptors (Lipinski definition) is 4. The van der Waals surface area contributed by atoms with E-state index in [1.807, 2.05) is 12.3 Å². The van der Waals surface area contributed by atoms with Crippen LogP contribution in [0, 0.1) is 5.92 Å². The van der Waals surface area contributed by atoms with E-state index in [9.17, 15) is 9.59 Å². The topological polar surface area (TPSA) is 84.2 Å². The van der Waals surface area contributed by atoms with Gasteiger partial charge in [-0.05, 0) is 23.9 Å².